The van der Waals surface area contributed by atoms with Crippen molar-refractivity contribution in [1.29, 1.82) is 0 Å². The van der Waals surface area contributed by atoms with Crippen molar-refractivity contribution in [3.05, 3.63) is 51.0 Å². The minimum Gasteiger partial charge on any atom is -0.497 e. The van der Waals surface area contributed by atoms with Crippen LogP contribution in [0, 0.1) is 5.92 Å². The predicted molar refractivity (Wildman–Crippen MR) is 129 cm³/mol. The summed E-state index contributed by atoms with van der Waals surface area (Å²) in [5, 5.41) is 3.96. The van der Waals surface area contributed by atoms with E-state index in [0.29, 0.717) is 11.6 Å². The van der Waals surface area contributed by atoms with Crippen LogP contribution < -0.4 is 26.6 Å². The van der Waals surface area contributed by atoms with Gasteiger partial charge >= 0.3 is 5.69 Å². The van der Waals surface area contributed by atoms with Crippen LogP contribution in [-0.2, 0) is 22.5 Å². The quantitative estimate of drug-likeness (QED) is 0.409. The Hall–Kier alpha value is -3.93. The smallest absolute Gasteiger partial charge is 0.330 e. The molecule has 0 saturated carbocycles. The first kappa shape index (κ1) is 25.7. The van der Waals surface area contributed by atoms with E-state index in [9.17, 15) is 14.4 Å². The molecule has 3 aromatic rings. The van der Waals surface area contributed by atoms with E-state index in [-0.39, 0.29) is 55.9 Å². The molecule has 0 spiro atoms. The van der Waals surface area contributed by atoms with Gasteiger partial charge in [0.15, 0.2) is 5.69 Å². The fourth-order valence-electron chi connectivity index (χ4n) is 3.49. The molecule has 2 aromatic heterocycles. The summed E-state index contributed by atoms with van der Waals surface area (Å²) >= 11 is 0. The number of aryl methyl sites for hydroxylation is 1. The molecular weight excluding hydrogens is 456 g/mol. The number of carbonyl (C=O) groups excluding carboxylic acids is 1. The number of hydrogen-bond donors (Lipinski definition) is 2. The predicted octanol–water partition coefficient (Wildman–Crippen LogP) is 1.45. The zero-order valence-corrected chi connectivity index (χ0v) is 20.2. The summed E-state index contributed by atoms with van der Waals surface area (Å²) in [7, 11) is 3.06. The van der Waals surface area contributed by atoms with E-state index in [1.54, 1.807) is 31.4 Å². The molecule has 0 aliphatic heterocycles. The molecule has 0 aliphatic carbocycles. The zero-order valence-electron chi connectivity index (χ0n) is 20.2. The Bertz CT molecular complexity index is 1260. The van der Waals surface area contributed by atoms with Gasteiger partial charge < -0.3 is 24.6 Å². The number of aromatic nitrogens is 4. The Morgan fingerprint density at radius 2 is 1.94 bits per heavy atom. The molecule has 0 aliphatic rings. The number of carbonyl (C=O) groups is 1. The first-order chi connectivity index (χ1) is 16.7. The summed E-state index contributed by atoms with van der Waals surface area (Å²) in [6, 6.07) is 7.16. The van der Waals surface area contributed by atoms with E-state index in [1.807, 2.05) is 13.8 Å². The molecule has 3 N–H and O–H groups in total. The number of nitrogen functional groups attached to an aromatic ring is 1. The third-order valence-electron chi connectivity index (χ3n) is 5.22. The fourth-order valence-corrected chi connectivity index (χ4v) is 3.49. The maximum atomic E-state index is 13.2. The number of ether oxygens (including phenoxy) is 2. The minimum atomic E-state index is -0.739. The number of benzene rings is 1. The molecule has 0 bridgehead atoms. The molecule has 0 fully saturated rings. The van der Waals surface area contributed by atoms with Gasteiger partial charge in [-0.05, 0) is 30.2 Å². The third kappa shape index (κ3) is 6.15. The van der Waals surface area contributed by atoms with Crippen LogP contribution in [0.3, 0.4) is 0 Å². The van der Waals surface area contributed by atoms with Crippen LogP contribution >= 0.6 is 0 Å². The summed E-state index contributed by atoms with van der Waals surface area (Å²) in [4.78, 5) is 45.9. The number of methoxy groups -OCH3 is 2. The van der Waals surface area contributed by atoms with Crippen LogP contribution in [0.5, 0.6) is 5.75 Å². The molecule has 1 amide bonds. The summed E-state index contributed by atoms with van der Waals surface area (Å²) in [5.41, 5.74) is 5.48. The van der Waals surface area contributed by atoms with Crippen LogP contribution in [0.1, 0.15) is 26.2 Å². The average Bonchev–Trinajstić information content (AvgIpc) is 3.31. The molecule has 2 heterocycles. The topological polar surface area (TPSA) is 159 Å². The Morgan fingerprint density at radius 3 is 2.57 bits per heavy atom. The first-order valence-electron chi connectivity index (χ1n) is 11.1. The third-order valence-corrected chi connectivity index (χ3v) is 5.22. The normalized spacial score (nSPS) is 11.1. The van der Waals surface area contributed by atoms with E-state index >= 15 is 0 Å². The highest BCUT2D eigenvalue weighted by Gasteiger charge is 2.25. The van der Waals surface area contributed by atoms with E-state index in [2.05, 4.69) is 15.1 Å². The maximum Gasteiger partial charge on any atom is 0.330 e. The van der Waals surface area contributed by atoms with Crippen LogP contribution in [0.25, 0.3) is 11.4 Å². The van der Waals surface area contributed by atoms with Crippen molar-refractivity contribution in [1.82, 2.24) is 19.7 Å². The van der Waals surface area contributed by atoms with Gasteiger partial charge in [0.05, 0.1) is 13.7 Å². The van der Waals surface area contributed by atoms with Gasteiger partial charge in [-0.3, -0.25) is 19.1 Å². The first-order valence-corrected chi connectivity index (χ1v) is 11.1. The molecule has 0 unspecified atom stereocenters. The van der Waals surface area contributed by atoms with Gasteiger partial charge in [0.1, 0.15) is 11.6 Å². The van der Waals surface area contributed by atoms with Crippen molar-refractivity contribution in [2.24, 2.45) is 5.92 Å². The van der Waals surface area contributed by atoms with Gasteiger partial charge in [-0.25, -0.2) is 4.79 Å². The number of nitrogens with two attached hydrogens (primary N) is 1. The SMILES string of the molecule is COCCN(C(=O)CCc1nc(-c2ccc(OC)cc2)no1)c1c(N)n(CC(C)C)c(=O)[nH]c1=O. The van der Waals surface area contributed by atoms with Crippen molar-refractivity contribution in [2.75, 3.05) is 38.0 Å². The standard InChI is InChI=1S/C23H30N6O6/c1-14(2)13-29-20(24)19(22(31)26-23(29)32)28(11-12-33-3)18(30)10-9-17-25-21(27-35-17)15-5-7-16(34-4)8-6-15/h5-8,14H,9-13,24H2,1-4H3,(H,26,31,32). The molecular formula is C23H30N6O6. The minimum absolute atomic E-state index is 0.0316. The number of nitrogens with zero attached hydrogens (tertiary/aromatic N) is 4. The highest BCUT2D eigenvalue weighted by atomic mass is 16.5. The van der Waals surface area contributed by atoms with Crippen LogP contribution in [0.2, 0.25) is 0 Å². The Balaban J connectivity index is 1.81. The van der Waals surface area contributed by atoms with Gasteiger partial charge in [0.2, 0.25) is 17.6 Å². The molecule has 12 heteroatoms. The molecule has 1 aromatic carbocycles. The monoisotopic (exact) mass is 486 g/mol. The number of hydrogen-bond acceptors (Lipinski definition) is 9. The van der Waals surface area contributed by atoms with Gasteiger partial charge in [0.25, 0.3) is 5.56 Å². The highest BCUT2D eigenvalue weighted by molar-refractivity contribution is 5.95. The summed E-state index contributed by atoms with van der Waals surface area (Å²) in [5.74, 6) is 0.965. The molecule has 12 nitrogen and oxygen atoms in total. The van der Waals surface area contributed by atoms with Crippen molar-refractivity contribution in [3.8, 4) is 17.1 Å². The lowest BCUT2D eigenvalue weighted by molar-refractivity contribution is -0.118. The van der Waals surface area contributed by atoms with Gasteiger partial charge in [0, 0.05) is 38.6 Å². The molecule has 0 radical (unpaired) electrons. The van der Waals surface area contributed by atoms with Crippen molar-refractivity contribution in [3.63, 3.8) is 0 Å². The van der Waals surface area contributed by atoms with Crippen molar-refractivity contribution >= 4 is 17.4 Å². The summed E-state index contributed by atoms with van der Waals surface area (Å²) in [6.45, 7) is 4.35. The lowest BCUT2D eigenvalue weighted by Crippen LogP contribution is -2.43. The average molecular weight is 487 g/mol. The number of amides is 1. The largest absolute Gasteiger partial charge is 0.497 e. The number of aromatic amines is 1. The van der Waals surface area contributed by atoms with Gasteiger partial charge in [-0.15, -0.1) is 0 Å². The second kappa shape index (κ2) is 11.5. The number of H-pyrrole nitrogens is 1. The maximum absolute atomic E-state index is 13.2. The number of anilines is 2. The second-order valence-electron chi connectivity index (χ2n) is 8.28. The molecule has 35 heavy (non-hydrogen) atoms. The highest BCUT2D eigenvalue weighted by Crippen LogP contribution is 2.21. The second-order valence-corrected chi connectivity index (χ2v) is 8.28. The van der Waals surface area contributed by atoms with Crippen molar-refractivity contribution < 1.29 is 18.8 Å². The summed E-state index contributed by atoms with van der Waals surface area (Å²) < 4.78 is 16.8. The number of nitrogens with one attached hydrogen (secondary N) is 1. The van der Waals surface area contributed by atoms with Crippen LogP contribution in [0.15, 0.2) is 38.4 Å². The molecule has 0 saturated heterocycles. The van der Waals surface area contributed by atoms with Gasteiger partial charge in [-0.2, -0.15) is 4.98 Å². The zero-order chi connectivity index (χ0) is 25.5. The Labute approximate surface area is 201 Å². The molecule has 3 rings (SSSR count). The Kier molecular flexibility index (Phi) is 8.42. The summed E-state index contributed by atoms with van der Waals surface area (Å²) in [6.07, 6.45) is 0.116. The number of rotatable bonds is 11. The van der Waals surface area contributed by atoms with Crippen LogP contribution in [0.4, 0.5) is 11.5 Å². The lowest BCUT2D eigenvalue weighted by atomic mass is 10.2. The van der Waals surface area contributed by atoms with E-state index in [1.165, 1.54) is 16.6 Å². The van der Waals surface area contributed by atoms with Crippen LogP contribution in [-0.4, -0.2) is 53.0 Å². The van der Waals surface area contributed by atoms with E-state index in [0.717, 1.165) is 5.56 Å². The van der Waals surface area contributed by atoms with Crippen molar-refractivity contribution in [2.45, 2.75) is 33.2 Å². The van der Waals surface area contributed by atoms with E-state index < -0.39 is 17.2 Å². The molecule has 188 valence electrons. The fraction of sp³-hybridized carbons (Fsp3) is 0.435. The Morgan fingerprint density at radius 1 is 1.23 bits per heavy atom. The van der Waals surface area contributed by atoms with Gasteiger partial charge in [-0.1, -0.05) is 19.0 Å². The molecule has 0 atom stereocenters. The lowest BCUT2D eigenvalue weighted by Gasteiger charge is -2.24. The van der Waals surface area contributed by atoms with E-state index in [4.69, 9.17) is 19.7 Å².